The van der Waals surface area contributed by atoms with E-state index in [4.69, 9.17) is 14.2 Å². The number of amides is 1. The van der Waals surface area contributed by atoms with Crippen LogP contribution in [0.15, 0.2) is 48.5 Å². The van der Waals surface area contributed by atoms with Crippen molar-refractivity contribution >= 4 is 11.6 Å². The number of ether oxygens (including phenoxy) is 3. The number of carbonyl (C=O) groups is 1. The Morgan fingerprint density at radius 1 is 1.09 bits per heavy atom. The smallest absolute Gasteiger partial charge is 0.265 e. The van der Waals surface area contributed by atoms with E-state index in [0.29, 0.717) is 23.8 Å². The largest absolute Gasteiger partial charge is 0.497 e. The molecule has 122 valence electrons. The van der Waals surface area contributed by atoms with E-state index < -0.39 is 6.10 Å². The van der Waals surface area contributed by atoms with Crippen LogP contribution in [-0.2, 0) is 16.1 Å². The van der Waals surface area contributed by atoms with Gasteiger partial charge in [0.1, 0.15) is 11.5 Å². The quantitative estimate of drug-likeness (QED) is 0.852. The number of benzene rings is 2. The van der Waals surface area contributed by atoms with Crippen LogP contribution in [0, 0.1) is 0 Å². The molecule has 2 aromatic carbocycles. The maximum atomic E-state index is 12.2. The van der Waals surface area contributed by atoms with E-state index in [1.807, 2.05) is 36.4 Å². The van der Waals surface area contributed by atoms with Crippen LogP contribution in [-0.4, -0.2) is 26.2 Å². The first kappa shape index (κ1) is 16.8. The van der Waals surface area contributed by atoms with Gasteiger partial charge in [-0.25, -0.2) is 0 Å². The van der Waals surface area contributed by atoms with Crippen molar-refractivity contribution < 1.29 is 19.0 Å². The van der Waals surface area contributed by atoms with Crippen LogP contribution in [0.25, 0.3) is 0 Å². The van der Waals surface area contributed by atoms with Crippen LogP contribution in [0.3, 0.4) is 0 Å². The van der Waals surface area contributed by atoms with Crippen molar-refractivity contribution in [3.05, 3.63) is 54.1 Å². The minimum absolute atomic E-state index is 0.220. The van der Waals surface area contributed by atoms with Crippen LogP contribution in [0.1, 0.15) is 12.5 Å². The minimum atomic E-state index is -0.631. The molecule has 0 bridgehead atoms. The highest BCUT2D eigenvalue weighted by atomic mass is 16.5. The summed E-state index contributed by atoms with van der Waals surface area (Å²) in [4.78, 5) is 12.2. The topological polar surface area (TPSA) is 56.8 Å². The van der Waals surface area contributed by atoms with Crippen molar-refractivity contribution in [2.45, 2.75) is 19.6 Å². The Labute approximate surface area is 136 Å². The summed E-state index contributed by atoms with van der Waals surface area (Å²) in [5.74, 6) is 1.05. The highest BCUT2D eigenvalue weighted by Gasteiger charge is 2.15. The first-order valence-electron chi connectivity index (χ1n) is 7.32. The summed E-state index contributed by atoms with van der Waals surface area (Å²) in [6.07, 6.45) is -0.631. The summed E-state index contributed by atoms with van der Waals surface area (Å²) >= 11 is 0. The second kappa shape index (κ2) is 8.19. The molecular formula is C18H21NO4. The molecule has 0 unspecified atom stereocenters. The summed E-state index contributed by atoms with van der Waals surface area (Å²) in [5.41, 5.74) is 1.71. The molecule has 0 heterocycles. The molecule has 23 heavy (non-hydrogen) atoms. The molecule has 0 fully saturated rings. The minimum Gasteiger partial charge on any atom is -0.497 e. The third-order valence-electron chi connectivity index (χ3n) is 3.23. The van der Waals surface area contributed by atoms with Crippen LogP contribution >= 0.6 is 0 Å². The lowest BCUT2D eigenvalue weighted by Crippen LogP contribution is -2.30. The van der Waals surface area contributed by atoms with Crippen LogP contribution < -0.4 is 14.8 Å². The number of rotatable bonds is 7. The molecule has 0 aromatic heterocycles. The maximum absolute atomic E-state index is 12.2. The Bertz CT molecular complexity index is 657. The van der Waals surface area contributed by atoms with E-state index in [1.165, 1.54) is 0 Å². The van der Waals surface area contributed by atoms with Gasteiger partial charge in [0.15, 0.2) is 6.10 Å². The number of nitrogens with one attached hydrogen (secondary N) is 1. The summed E-state index contributed by atoms with van der Waals surface area (Å²) < 4.78 is 15.9. The van der Waals surface area contributed by atoms with Crippen molar-refractivity contribution in [3.8, 4) is 11.5 Å². The van der Waals surface area contributed by atoms with E-state index in [1.54, 1.807) is 33.3 Å². The fraction of sp³-hybridized carbons (Fsp3) is 0.278. The van der Waals surface area contributed by atoms with Gasteiger partial charge in [-0.3, -0.25) is 4.79 Å². The average Bonchev–Trinajstić information content (AvgIpc) is 2.55. The second-order valence-electron chi connectivity index (χ2n) is 5.06. The van der Waals surface area contributed by atoms with E-state index >= 15 is 0 Å². The predicted molar refractivity (Wildman–Crippen MR) is 88.9 cm³/mol. The molecule has 1 N–H and O–H groups in total. The number of carbonyl (C=O) groups excluding carboxylic acids is 1. The summed E-state index contributed by atoms with van der Waals surface area (Å²) in [6, 6.07) is 14.7. The Morgan fingerprint density at radius 2 is 1.83 bits per heavy atom. The summed E-state index contributed by atoms with van der Waals surface area (Å²) in [6.45, 7) is 2.20. The molecule has 0 saturated heterocycles. The predicted octanol–water partition coefficient (Wildman–Crippen LogP) is 3.25. The van der Waals surface area contributed by atoms with Gasteiger partial charge >= 0.3 is 0 Å². The molecular weight excluding hydrogens is 294 g/mol. The molecule has 0 spiro atoms. The van der Waals surface area contributed by atoms with Crippen molar-refractivity contribution in [1.82, 2.24) is 0 Å². The van der Waals surface area contributed by atoms with Crippen LogP contribution in [0.2, 0.25) is 0 Å². The lowest BCUT2D eigenvalue weighted by atomic mass is 10.2. The molecule has 5 nitrogen and oxygen atoms in total. The number of hydrogen-bond donors (Lipinski definition) is 1. The summed E-state index contributed by atoms with van der Waals surface area (Å²) in [5, 5.41) is 2.84. The van der Waals surface area contributed by atoms with Crippen LogP contribution in [0.5, 0.6) is 11.5 Å². The summed E-state index contributed by atoms with van der Waals surface area (Å²) in [7, 11) is 3.22. The fourth-order valence-corrected chi connectivity index (χ4v) is 2.08. The SMILES string of the molecule is COCc1cccc(NC(=O)[C@H](C)Oc2cccc(OC)c2)c1. The van der Waals surface area contributed by atoms with Gasteiger partial charge in [-0.05, 0) is 36.8 Å². The monoisotopic (exact) mass is 315 g/mol. The molecule has 1 atom stereocenters. The highest BCUT2D eigenvalue weighted by Crippen LogP contribution is 2.20. The molecule has 0 radical (unpaired) electrons. The lowest BCUT2D eigenvalue weighted by molar-refractivity contribution is -0.122. The molecule has 0 saturated carbocycles. The van der Waals surface area contributed by atoms with Gasteiger partial charge in [0.2, 0.25) is 0 Å². The van der Waals surface area contributed by atoms with Crippen LogP contribution in [0.4, 0.5) is 5.69 Å². The van der Waals surface area contributed by atoms with E-state index in [9.17, 15) is 4.79 Å². The Kier molecular flexibility index (Phi) is 6.00. The Balaban J connectivity index is 1.98. The van der Waals surface area contributed by atoms with Gasteiger partial charge in [-0.15, -0.1) is 0 Å². The fourth-order valence-electron chi connectivity index (χ4n) is 2.08. The number of anilines is 1. The Hall–Kier alpha value is -2.53. The first-order valence-corrected chi connectivity index (χ1v) is 7.32. The normalized spacial score (nSPS) is 11.6. The molecule has 0 aliphatic heterocycles. The van der Waals surface area contributed by atoms with E-state index in [-0.39, 0.29) is 5.91 Å². The zero-order valence-electron chi connectivity index (χ0n) is 13.5. The zero-order valence-corrected chi connectivity index (χ0v) is 13.5. The highest BCUT2D eigenvalue weighted by molar-refractivity contribution is 5.94. The Morgan fingerprint density at radius 3 is 2.57 bits per heavy atom. The molecule has 0 aliphatic carbocycles. The molecule has 0 aliphatic rings. The molecule has 2 aromatic rings. The van der Waals surface area contributed by atoms with Gasteiger partial charge in [0.25, 0.3) is 5.91 Å². The maximum Gasteiger partial charge on any atom is 0.265 e. The zero-order chi connectivity index (χ0) is 16.7. The second-order valence-corrected chi connectivity index (χ2v) is 5.06. The van der Waals surface area contributed by atoms with Gasteiger partial charge in [0.05, 0.1) is 13.7 Å². The van der Waals surface area contributed by atoms with E-state index in [2.05, 4.69) is 5.32 Å². The van der Waals surface area contributed by atoms with Gasteiger partial charge in [-0.1, -0.05) is 18.2 Å². The molecule has 2 rings (SSSR count). The van der Waals surface area contributed by atoms with Gasteiger partial charge in [-0.2, -0.15) is 0 Å². The first-order chi connectivity index (χ1) is 11.1. The average molecular weight is 315 g/mol. The third kappa shape index (κ3) is 5.00. The standard InChI is InChI=1S/C18H21NO4/c1-13(23-17-9-5-8-16(11-17)22-3)18(20)19-15-7-4-6-14(10-15)12-21-2/h4-11,13H,12H2,1-3H3,(H,19,20)/t13-/m0/s1. The van der Waals surface area contributed by atoms with Crippen molar-refractivity contribution in [2.24, 2.45) is 0 Å². The van der Waals surface area contributed by atoms with Crippen molar-refractivity contribution in [2.75, 3.05) is 19.5 Å². The van der Waals surface area contributed by atoms with Crippen molar-refractivity contribution in [1.29, 1.82) is 0 Å². The lowest BCUT2D eigenvalue weighted by Gasteiger charge is -2.15. The van der Waals surface area contributed by atoms with Gasteiger partial charge in [0, 0.05) is 18.9 Å². The van der Waals surface area contributed by atoms with Gasteiger partial charge < -0.3 is 19.5 Å². The number of hydrogen-bond acceptors (Lipinski definition) is 4. The molecule has 5 heteroatoms. The molecule has 1 amide bonds. The number of methoxy groups -OCH3 is 2. The third-order valence-corrected chi connectivity index (χ3v) is 3.23. The van der Waals surface area contributed by atoms with Crippen molar-refractivity contribution in [3.63, 3.8) is 0 Å². The van der Waals surface area contributed by atoms with E-state index in [0.717, 1.165) is 5.56 Å².